The van der Waals surface area contributed by atoms with Gasteiger partial charge in [0.2, 0.25) is 0 Å². The maximum absolute atomic E-state index is 8.56. The van der Waals surface area contributed by atoms with Crippen LogP contribution in [0.3, 0.4) is 0 Å². The zero-order valence-electron chi connectivity index (χ0n) is 10.2. The Balaban J connectivity index is 2.88. The third kappa shape index (κ3) is 3.56. The average molecular weight is 218 g/mol. The first-order valence-electron chi connectivity index (χ1n) is 5.35. The number of aryl methyl sites for hydroxylation is 1. The van der Waals surface area contributed by atoms with Crippen LogP contribution < -0.4 is 4.74 Å². The van der Waals surface area contributed by atoms with E-state index < -0.39 is 0 Å². The number of nitriles is 1. The molecular formula is C13H18N2O. The van der Waals surface area contributed by atoms with Crippen molar-refractivity contribution in [2.75, 3.05) is 21.2 Å². The monoisotopic (exact) mass is 218 g/mol. The second-order valence-electron chi connectivity index (χ2n) is 4.04. The Bertz CT molecular complexity index is 380. The van der Waals surface area contributed by atoms with Crippen LogP contribution in [0, 0.1) is 11.3 Å². The molecule has 0 atom stereocenters. The van der Waals surface area contributed by atoms with Gasteiger partial charge in [0.15, 0.2) is 0 Å². The largest absolute Gasteiger partial charge is 0.496 e. The molecule has 0 aromatic heterocycles. The van der Waals surface area contributed by atoms with Crippen LogP contribution in [-0.4, -0.2) is 26.1 Å². The van der Waals surface area contributed by atoms with Crippen molar-refractivity contribution in [3.05, 3.63) is 29.3 Å². The Labute approximate surface area is 97.3 Å². The second-order valence-corrected chi connectivity index (χ2v) is 4.04. The van der Waals surface area contributed by atoms with E-state index in [4.69, 9.17) is 10.00 Å². The molecule has 3 nitrogen and oxygen atoms in total. The minimum atomic E-state index is 0.563. The van der Waals surface area contributed by atoms with Crippen LogP contribution >= 0.6 is 0 Å². The molecule has 0 N–H and O–H groups in total. The minimum absolute atomic E-state index is 0.563. The highest BCUT2D eigenvalue weighted by atomic mass is 16.5. The Hall–Kier alpha value is -1.53. The summed E-state index contributed by atoms with van der Waals surface area (Å²) in [5, 5.41) is 8.56. The van der Waals surface area contributed by atoms with Crippen molar-refractivity contribution in [1.29, 1.82) is 5.26 Å². The van der Waals surface area contributed by atoms with Gasteiger partial charge >= 0.3 is 0 Å². The summed E-state index contributed by atoms with van der Waals surface area (Å²) in [4.78, 5) is 2.10. The van der Waals surface area contributed by atoms with E-state index in [2.05, 4.69) is 17.0 Å². The first-order valence-corrected chi connectivity index (χ1v) is 5.35. The molecule has 1 rings (SSSR count). The Kier molecular flexibility index (Phi) is 4.81. The summed E-state index contributed by atoms with van der Waals surface area (Å²) in [6.45, 7) is 0.851. The highest BCUT2D eigenvalue weighted by Crippen LogP contribution is 2.21. The molecule has 0 aliphatic rings. The van der Waals surface area contributed by atoms with E-state index in [1.165, 1.54) is 11.1 Å². The number of rotatable bonds is 5. The third-order valence-corrected chi connectivity index (χ3v) is 2.36. The van der Waals surface area contributed by atoms with Crippen LogP contribution in [0.25, 0.3) is 0 Å². The van der Waals surface area contributed by atoms with Crippen molar-refractivity contribution < 1.29 is 4.74 Å². The van der Waals surface area contributed by atoms with Gasteiger partial charge < -0.3 is 9.64 Å². The van der Waals surface area contributed by atoms with Gasteiger partial charge in [-0.05, 0) is 32.1 Å². The first kappa shape index (κ1) is 12.5. The van der Waals surface area contributed by atoms with Crippen molar-refractivity contribution in [2.45, 2.75) is 19.4 Å². The molecule has 1 aromatic rings. The molecule has 0 saturated heterocycles. The molecule has 86 valence electrons. The van der Waals surface area contributed by atoms with Crippen molar-refractivity contribution in [3.63, 3.8) is 0 Å². The van der Waals surface area contributed by atoms with Gasteiger partial charge in [0.25, 0.3) is 0 Å². The highest BCUT2D eigenvalue weighted by molar-refractivity contribution is 5.37. The molecule has 0 radical (unpaired) electrons. The smallest absolute Gasteiger partial charge is 0.123 e. The summed E-state index contributed by atoms with van der Waals surface area (Å²) in [7, 11) is 5.74. The molecule has 0 amide bonds. The molecule has 0 aliphatic heterocycles. The number of ether oxygens (including phenoxy) is 1. The number of benzene rings is 1. The van der Waals surface area contributed by atoms with Crippen molar-refractivity contribution in [3.8, 4) is 11.8 Å². The van der Waals surface area contributed by atoms with Gasteiger partial charge in [-0.15, -0.1) is 0 Å². The molecule has 0 unspecified atom stereocenters. The average Bonchev–Trinajstić information content (AvgIpc) is 2.26. The van der Waals surface area contributed by atoms with Gasteiger partial charge in [0.1, 0.15) is 5.75 Å². The standard InChI is InChI=1S/C13H18N2O/c1-15(2)10-12-9-11(5-4-8-14)6-7-13(12)16-3/h6-7,9H,4-5,10H2,1-3H3. The predicted octanol–water partition coefficient (Wildman–Crippen LogP) is 2.21. The second kappa shape index (κ2) is 6.14. The lowest BCUT2D eigenvalue weighted by molar-refractivity contribution is 0.371. The molecule has 0 spiro atoms. The molecule has 0 fully saturated rings. The van der Waals surface area contributed by atoms with Crippen molar-refractivity contribution >= 4 is 0 Å². The van der Waals surface area contributed by atoms with Crippen molar-refractivity contribution in [2.24, 2.45) is 0 Å². The molecule has 0 bridgehead atoms. The third-order valence-electron chi connectivity index (χ3n) is 2.36. The molecule has 0 aliphatic carbocycles. The normalized spacial score (nSPS) is 10.2. The van der Waals surface area contributed by atoms with E-state index in [0.29, 0.717) is 6.42 Å². The topological polar surface area (TPSA) is 36.3 Å². The lowest BCUT2D eigenvalue weighted by Crippen LogP contribution is -2.11. The molecule has 1 aromatic carbocycles. The number of hydrogen-bond donors (Lipinski definition) is 0. The zero-order valence-corrected chi connectivity index (χ0v) is 10.2. The Morgan fingerprint density at radius 2 is 2.12 bits per heavy atom. The van der Waals surface area contributed by atoms with Gasteiger partial charge in [-0.25, -0.2) is 0 Å². The lowest BCUT2D eigenvalue weighted by Gasteiger charge is -2.14. The molecule has 0 saturated carbocycles. The number of methoxy groups -OCH3 is 1. The van der Waals surface area contributed by atoms with E-state index in [9.17, 15) is 0 Å². The first-order chi connectivity index (χ1) is 7.67. The lowest BCUT2D eigenvalue weighted by atomic mass is 10.1. The van der Waals surface area contributed by atoms with Crippen LogP contribution in [0.4, 0.5) is 0 Å². The van der Waals surface area contributed by atoms with E-state index in [1.54, 1.807) is 7.11 Å². The summed E-state index contributed by atoms with van der Waals surface area (Å²) in [5.74, 6) is 0.911. The summed E-state index contributed by atoms with van der Waals surface area (Å²) in [5.41, 5.74) is 2.36. The van der Waals surface area contributed by atoms with Crippen LogP contribution in [0.5, 0.6) is 5.75 Å². The molecule has 16 heavy (non-hydrogen) atoms. The van der Waals surface area contributed by atoms with E-state index >= 15 is 0 Å². The quantitative estimate of drug-likeness (QED) is 0.760. The SMILES string of the molecule is COc1ccc(CCC#N)cc1CN(C)C. The minimum Gasteiger partial charge on any atom is -0.496 e. The maximum Gasteiger partial charge on any atom is 0.123 e. The van der Waals surface area contributed by atoms with E-state index in [1.807, 2.05) is 26.2 Å². The fourth-order valence-electron chi connectivity index (χ4n) is 1.65. The van der Waals surface area contributed by atoms with E-state index in [-0.39, 0.29) is 0 Å². The number of hydrogen-bond acceptors (Lipinski definition) is 3. The van der Waals surface area contributed by atoms with Crippen LogP contribution in [-0.2, 0) is 13.0 Å². The van der Waals surface area contributed by atoms with Gasteiger partial charge in [-0.3, -0.25) is 0 Å². The fourth-order valence-corrected chi connectivity index (χ4v) is 1.65. The van der Waals surface area contributed by atoms with Crippen molar-refractivity contribution in [1.82, 2.24) is 4.90 Å². The predicted molar refractivity (Wildman–Crippen MR) is 64.3 cm³/mol. The molecular weight excluding hydrogens is 200 g/mol. The summed E-state index contributed by atoms with van der Waals surface area (Å²) in [6.07, 6.45) is 1.37. The highest BCUT2D eigenvalue weighted by Gasteiger charge is 2.05. The summed E-state index contributed by atoms with van der Waals surface area (Å²) in [6, 6.07) is 8.29. The van der Waals surface area contributed by atoms with E-state index in [0.717, 1.165) is 18.7 Å². The van der Waals surface area contributed by atoms with Crippen LogP contribution in [0.2, 0.25) is 0 Å². The van der Waals surface area contributed by atoms with Crippen LogP contribution in [0.1, 0.15) is 17.5 Å². The summed E-state index contributed by atoms with van der Waals surface area (Å²) >= 11 is 0. The fraction of sp³-hybridized carbons (Fsp3) is 0.462. The maximum atomic E-state index is 8.56. The zero-order chi connectivity index (χ0) is 12.0. The van der Waals surface area contributed by atoms with Crippen LogP contribution in [0.15, 0.2) is 18.2 Å². The van der Waals surface area contributed by atoms with Gasteiger partial charge in [0.05, 0.1) is 13.2 Å². The number of nitrogens with zero attached hydrogens (tertiary/aromatic N) is 2. The van der Waals surface area contributed by atoms with Gasteiger partial charge in [0, 0.05) is 18.5 Å². The molecule has 3 heteroatoms. The van der Waals surface area contributed by atoms with Gasteiger partial charge in [-0.1, -0.05) is 12.1 Å². The van der Waals surface area contributed by atoms with Gasteiger partial charge in [-0.2, -0.15) is 5.26 Å². The summed E-state index contributed by atoms with van der Waals surface area (Å²) < 4.78 is 5.31. The Morgan fingerprint density at radius 1 is 1.38 bits per heavy atom. The molecule has 0 heterocycles. The Morgan fingerprint density at radius 3 is 2.69 bits per heavy atom.